The van der Waals surface area contributed by atoms with E-state index in [9.17, 15) is 4.39 Å². The molecule has 2 N–H and O–H groups in total. The molecule has 106 valence electrons. The third kappa shape index (κ3) is 3.50. The number of rotatable bonds is 4. The molecule has 2 aromatic carbocycles. The molecule has 2 rings (SSSR count). The Morgan fingerprint density at radius 1 is 1.25 bits per heavy atom. The van der Waals surface area contributed by atoms with Gasteiger partial charge in [-0.05, 0) is 49.2 Å². The first-order valence-electron chi connectivity index (χ1n) is 6.50. The highest BCUT2D eigenvalue weighted by Gasteiger charge is 2.12. The van der Waals surface area contributed by atoms with Gasteiger partial charge in [0.25, 0.3) is 0 Å². The highest BCUT2D eigenvalue weighted by Crippen LogP contribution is 2.30. The quantitative estimate of drug-likeness (QED) is 0.918. The number of nitrogens with zero attached hydrogens (tertiary/aromatic N) is 1. The zero-order valence-electron chi connectivity index (χ0n) is 11.6. The molecule has 0 bridgehead atoms. The monoisotopic (exact) mass is 292 g/mol. The first-order chi connectivity index (χ1) is 9.47. The number of hydrogen-bond donors (Lipinski definition) is 1. The molecule has 0 spiro atoms. The summed E-state index contributed by atoms with van der Waals surface area (Å²) in [4.78, 5) is 1.92. The van der Waals surface area contributed by atoms with Crippen LogP contribution < -0.4 is 10.6 Å². The van der Waals surface area contributed by atoms with Crippen LogP contribution in [0.1, 0.15) is 12.5 Å². The van der Waals surface area contributed by atoms with Gasteiger partial charge in [0.15, 0.2) is 0 Å². The Morgan fingerprint density at radius 2 is 2.00 bits per heavy atom. The third-order valence-corrected chi connectivity index (χ3v) is 3.38. The standard InChI is InChI=1S/C16H18ClFN2/c1-11(19)8-12-6-7-13(17)9-16(12)20(2)15-5-3-4-14(18)10-15/h3-7,9-11H,8,19H2,1-2H3. The van der Waals surface area contributed by atoms with E-state index < -0.39 is 0 Å². The normalized spacial score (nSPS) is 12.2. The molecule has 0 amide bonds. The van der Waals surface area contributed by atoms with Gasteiger partial charge in [-0.25, -0.2) is 4.39 Å². The molecular weight excluding hydrogens is 275 g/mol. The second kappa shape index (κ2) is 6.25. The van der Waals surface area contributed by atoms with Crippen LogP contribution >= 0.6 is 11.6 Å². The van der Waals surface area contributed by atoms with Gasteiger partial charge in [-0.2, -0.15) is 0 Å². The van der Waals surface area contributed by atoms with Crippen LogP contribution in [0.25, 0.3) is 0 Å². The van der Waals surface area contributed by atoms with Crippen molar-refractivity contribution in [1.29, 1.82) is 0 Å². The van der Waals surface area contributed by atoms with Gasteiger partial charge in [-0.15, -0.1) is 0 Å². The molecule has 0 radical (unpaired) electrons. The molecule has 0 aromatic heterocycles. The van der Waals surface area contributed by atoms with E-state index in [0.29, 0.717) is 5.02 Å². The van der Waals surface area contributed by atoms with Crippen molar-refractivity contribution in [2.75, 3.05) is 11.9 Å². The van der Waals surface area contributed by atoms with Crippen molar-refractivity contribution in [3.63, 3.8) is 0 Å². The maximum absolute atomic E-state index is 13.4. The van der Waals surface area contributed by atoms with Crippen molar-refractivity contribution in [2.24, 2.45) is 5.73 Å². The van der Waals surface area contributed by atoms with E-state index in [4.69, 9.17) is 17.3 Å². The van der Waals surface area contributed by atoms with E-state index >= 15 is 0 Å². The topological polar surface area (TPSA) is 29.3 Å². The molecule has 0 saturated carbocycles. The summed E-state index contributed by atoms with van der Waals surface area (Å²) in [5, 5.41) is 0.650. The summed E-state index contributed by atoms with van der Waals surface area (Å²) in [6, 6.07) is 12.2. The van der Waals surface area contributed by atoms with Gasteiger partial charge in [0.1, 0.15) is 5.82 Å². The number of anilines is 2. The van der Waals surface area contributed by atoms with E-state index in [2.05, 4.69) is 0 Å². The van der Waals surface area contributed by atoms with Crippen LogP contribution in [-0.4, -0.2) is 13.1 Å². The van der Waals surface area contributed by atoms with Gasteiger partial charge in [0, 0.05) is 29.5 Å². The molecule has 2 aromatic rings. The lowest BCUT2D eigenvalue weighted by Crippen LogP contribution is -2.20. The molecule has 20 heavy (non-hydrogen) atoms. The highest BCUT2D eigenvalue weighted by atomic mass is 35.5. The third-order valence-electron chi connectivity index (χ3n) is 3.15. The lowest BCUT2D eigenvalue weighted by atomic mass is 10.0. The summed E-state index contributed by atoms with van der Waals surface area (Å²) < 4.78 is 13.4. The summed E-state index contributed by atoms with van der Waals surface area (Å²) in [7, 11) is 1.89. The summed E-state index contributed by atoms with van der Waals surface area (Å²) in [6.07, 6.45) is 0.742. The SMILES string of the molecule is CC(N)Cc1ccc(Cl)cc1N(C)c1cccc(F)c1. The predicted molar refractivity (Wildman–Crippen MR) is 83.3 cm³/mol. The Morgan fingerprint density at radius 3 is 2.65 bits per heavy atom. The van der Waals surface area contributed by atoms with Crippen LogP contribution in [0, 0.1) is 5.82 Å². The van der Waals surface area contributed by atoms with E-state index in [1.54, 1.807) is 6.07 Å². The Hall–Kier alpha value is -1.58. The molecule has 0 aliphatic rings. The van der Waals surface area contributed by atoms with Crippen LogP contribution in [0.2, 0.25) is 5.02 Å². The lowest BCUT2D eigenvalue weighted by molar-refractivity contribution is 0.628. The second-order valence-corrected chi connectivity index (χ2v) is 5.43. The van der Waals surface area contributed by atoms with Gasteiger partial charge >= 0.3 is 0 Å². The van der Waals surface area contributed by atoms with Gasteiger partial charge in [-0.1, -0.05) is 23.7 Å². The van der Waals surface area contributed by atoms with Gasteiger partial charge in [-0.3, -0.25) is 0 Å². The molecule has 1 unspecified atom stereocenters. The molecule has 0 aliphatic carbocycles. The fourth-order valence-corrected chi connectivity index (χ4v) is 2.36. The largest absolute Gasteiger partial charge is 0.344 e. The molecule has 0 heterocycles. The summed E-state index contributed by atoms with van der Waals surface area (Å²) >= 11 is 6.08. The molecular formula is C16H18ClFN2. The maximum atomic E-state index is 13.4. The van der Waals surface area contributed by atoms with E-state index in [0.717, 1.165) is 23.4 Å². The number of hydrogen-bond acceptors (Lipinski definition) is 2. The Balaban J connectivity index is 2.42. The van der Waals surface area contributed by atoms with Crippen molar-refractivity contribution < 1.29 is 4.39 Å². The smallest absolute Gasteiger partial charge is 0.125 e. The number of halogens is 2. The zero-order valence-corrected chi connectivity index (χ0v) is 12.4. The van der Waals surface area contributed by atoms with Crippen LogP contribution in [0.4, 0.5) is 15.8 Å². The molecule has 0 saturated heterocycles. The Bertz CT molecular complexity index is 599. The molecule has 0 fully saturated rings. The Kier molecular flexibility index (Phi) is 4.63. The molecule has 1 atom stereocenters. The summed E-state index contributed by atoms with van der Waals surface area (Å²) in [6.45, 7) is 1.96. The zero-order chi connectivity index (χ0) is 14.7. The van der Waals surface area contributed by atoms with E-state index in [1.165, 1.54) is 12.1 Å². The first kappa shape index (κ1) is 14.8. The van der Waals surface area contributed by atoms with Crippen LogP contribution in [-0.2, 0) is 6.42 Å². The van der Waals surface area contributed by atoms with E-state index in [1.807, 2.05) is 43.1 Å². The maximum Gasteiger partial charge on any atom is 0.125 e. The van der Waals surface area contributed by atoms with Crippen molar-refractivity contribution in [3.05, 3.63) is 58.9 Å². The number of nitrogens with two attached hydrogens (primary N) is 1. The van der Waals surface area contributed by atoms with Crippen molar-refractivity contribution >= 4 is 23.0 Å². The van der Waals surface area contributed by atoms with Crippen LogP contribution in [0.3, 0.4) is 0 Å². The minimum absolute atomic E-state index is 0.0517. The second-order valence-electron chi connectivity index (χ2n) is 4.99. The van der Waals surface area contributed by atoms with Crippen molar-refractivity contribution in [2.45, 2.75) is 19.4 Å². The summed E-state index contributed by atoms with van der Waals surface area (Å²) in [5.41, 5.74) is 8.70. The summed E-state index contributed by atoms with van der Waals surface area (Å²) in [5.74, 6) is -0.259. The van der Waals surface area contributed by atoms with Crippen LogP contribution in [0.15, 0.2) is 42.5 Å². The van der Waals surface area contributed by atoms with Gasteiger partial charge in [0.2, 0.25) is 0 Å². The highest BCUT2D eigenvalue weighted by molar-refractivity contribution is 6.30. The fourth-order valence-electron chi connectivity index (χ4n) is 2.19. The van der Waals surface area contributed by atoms with E-state index in [-0.39, 0.29) is 11.9 Å². The van der Waals surface area contributed by atoms with Crippen molar-refractivity contribution in [1.82, 2.24) is 0 Å². The molecule has 2 nitrogen and oxygen atoms in total. The van der Waals surface area contributed by atoms with Gasteiger partial charge in [0.05, 0.1) is 0 Å². The first-order valence-corrected chi connectivity index (χ1v) is 6.88. The minimum atomic E-state index is -0.259. The van der Waals surface area contributed by atoms with Crippen LogP contribution in [0.5, 0.6) is 0 Å². The Labute approximate surface area is 124 Å². The average molecular weight is 293 g/mol. The minimum Gasteiger partial charge on any atom is -0.344 e. The fraction of sp³-hybridized carbons (Fsp3) is 0.250. The lowest BCUT2D eigenvalue weighted by Gasteiger charge is -2.23. The number of benzene rings is 2. The van der Waals surface area contributed by atoms with Gasteiger partial charge < -0.3 is 10.6 Å². The molecule has 4 heteroatoms. The molecule has 0 aliphatic heterocycles. The predicted octanol–water partition coefficient (Wildman–Crippen LogP) is 4.14. The van der Waals surface area contributed by atoms with Crippen molar-refractivity contribution in [3.8, 4) is 0 Å². The average Bonchev–Trinajstić information content (AvgIpc) is 2.39.